The van der Waals surface area contributed by atoms with Crippen LogP contribution in [0.4, 0.5) is 0 Å². The van der Waals surface area contributed by atoms with E-state index in [9.17, 15) is 24.3 Å². The van der Waals surface area contributed by atoms with Crippen molar-refractivity contribution < 1.29 is 29.4 Å². The van der Waals surface area contributed by atoms with E-state index in [4.69, 9.17) is 16.6 Å². The normalized spacial score (nSPS) is 14.9. The molecule has 12 heteroatoms. The predicted molar refractivity (Wildman–Crippen MR) is 110 cm³/mol. The number of aliphatic hydroxyl groups is 1. The van der Waals surface area contributed by atoms with E-state index < -0.39 is 47.9 Å². The Morgan fingerprint density at radius 2 is 1.72 bits per heavy atom. The Labute approximate surface area is 174 Å². The van der Waals surface area contributed by atoms with Crippen LogP contribution < -0.4 is 27.4 Å². The largest absolute Gasteiger partial charge is 0.480 e. The number of carboxylic acid groups (broad SMARTS) is 1. The molecule has 0 saturated heterocycles. The van der Waals surface area contributed by atoms with E-state index in [1.807, 2.05) is 6.26 Å². The first-order chi connectivity index (χ1) is 13.6. The van der Waals surface area contributed by atoms with Gasteiger partial charge in [-0.3, -0.25) is 14.4 Å². The molecule has 0 aliphatic rings. The maximum absolute atomic E-state index is 12.4. The highest BCUT2D eigenvalue weighted by Crippen LogP contribution is 2.03. The number of aliphatic hydroxyl groups excluding tert-OH is 1. The number of unbranched alkanes of at least 4 members (excludes halogenated alkanes) is 1. The Morgan fingerprint density at radius 3 is 2.24 bits per heavy atom. The van der Waals surface area contributed by atoms with Gasteiger partial charge in [0.05, 0.1) is 18.7 Å². The van der Waals surface area contributed by atoms with Gasteiger partial charge in [0, 0.05) is 0 Å². The molecule has 0 rings (SSSR count). The number of hydrogen-bond donors (Lipinski definition) is 7. The van der Waals surface area contributed by atoms with Crippen LogP contribution in [0.3, 0.4) is 0 Å². The van der Waals surface area contributed by atoms with E-state index in [0.717, 1.165) is 0 Å². The molecule has 0 bridgehead atoms. The maximum Gasteiger partial charge on any atom is 0.328 e. The summed E-state index contributed by atoms with van der Waals surface area (Å²) in [6.07, 6.45) is 2.39. The van der Waals surface area contributed by atoms with Crippen molar-refractivity contribution >= 4 is 35.5 Å². The van der Waals surface area contributed by atoms with Gasteiger partial charge >= 0.3 is 5.97 Å². The van der Waals surface area contributed by atoms with Crippen molar-refractivity contribution in [2.45, 2.75) is 56.8 Å². The second kappa shape index (κ2) is 15.0. The van der Waals surface area contributed by atoms with Crippen molar-refractivity contribution in [2.24, 2.45) is 11.5 Å². The average molecular weight is 436 g/mol. The Kier molecular flexibility index (Phi) is 14.0. The van der Waals surface area contributed by atoms with Gasteiger partial charge in [-0.1, -0.05) is 0 Å². The third-order valence-corrected chi connectivity index (χ3v) is 4.68. The van der Waals surface area contributed by atoms with Crippen molar-refractivity contribution in [3.8, 4) is 0 Å². The number of carbonyl (C=O) groups is 4. The van der Waals surface area contributed by atoms with E-state index in [1.165, 1.54) is 6.92 Å². The van der Waals surface area contributed by atoms with Crippen LogP contribution in [0.25, 0.3) is 0 Å². The first kappa shape index (κ1) is 27.1. The molecule has 0 fully saturated rings. The number of nitrogens with one attached hydrogen (secondary N) is 3. The molecule has 0 radical (unpaired) electrons. The van der Waals surface area contributed by atoms with Gasteiger partial charge in [0.15, 0.2) is 6.04 Å². The Hall–Kier alpha value is -1.89. The van der Waals surface area contributed by atoms with Crippen LogP contribution in [-0.4, -0.2) is 83.2 Å². The molecule has 3 amide bonds. The Balaban J connectivity index is 4.82. The zero-order valence-corrected chi connectivity index (χ0v) is 17.7. The first-order valence-corrected chi connectivity index (χ1v) is 10.8. The second-order valence-electron chi connectivity index (χ2n) is 6.58. The summed E-state index contributed by atoms with van der Waals surface area (Å²) in [5.74, 6) is -2.53. The molecule has 29 heavy (non-hydrogen) atoms. The zero-order valence-electron chi connectivity index (χ0n) is 16.8. The molecular weight excluding hydrogens is 402 g/mol. The summed E-state index contributed by atoms with van der Waals surface area (Å²) in [6, 6.07) is -3.27. The van der Waals surface area contributed by atoms with Crippen molar-refractivity contribution in [3.63, 3.8) is 0 Å². The van der Waals surface area contributed by atoms with Crippen molar-refractivity contribution in [1.82, 2.24) is 16.0 Å². The van der Waals surface area contributed by atoms with Gasteiger partial charge in [-0.25, -0.2) is 4.79 Å². The van der Waals surface area contributed by atoms with Crippen LogP contribution in [0.1, 0.15) is 32.6 Å². The minimum absolute atomic E-state index is 0.224. The predicted octanol–water partition coefficient (Wildman–Crippen LogP) is -2.25. The third kappa shape index (κ3) is 11.6. The molecule has 168 valence electrons. The number of carbonyl (C=O) groups excluding carboxylic acids is 3. The van der Waals surface area contributed by atoms with Gasteiger partial charge in [-0.05, 0) is 51.2 Å². The van der Waals surface area contributed by atoms with Crippen molar-refractivity contribution in [3.05, 3.63) is 0 Å². The van der Waals surface area contributed by atoms with E-state index >= 15 is 0 Å². The molecule has 0 aliphatic heterocycles. The molecular formula is C17H33N5O6S. The van der Waals surface area contributed by atoms with Gasteiger partial charge < -0.3 is 37.6 Å². The Morgan fingerprint density at radius 1 is 1.07 bits per heavy atom. The quantitative estimate of drug-likeness (QED) is 0.139. The van der Waals surface area contributed by atoms with E-state index in [2.05, 4.69) is 16.0 Å². The molecule has 0 spiro atoms. The minimum Gasteiger partial charge on any atom is -0.480 e. The van der Waals surface area contributed by atoms with E-state index in [-0.39, 0.29) is 13.0 Å². The highest BCUT2D eigenvalue weighted by molar-refractivity contribution is 7.98. The number of amides is 3. The summed E-state index contributed by atoms with van der Waals surface area (Å²) in [6.45, 7) is 1.26. The molecule has 9 N–H and O–H groups in total. The molecule has 4 unspecified atom stereocenters. The molecule has 0 heterocycles. The van der Waals surface area contributed by atoms with Crippen LogP contribution >= 0.6 is 11.8 Å². The topological polar surface area (TPSA) is 197 Å². The van der Waals surface area contributed by atoms with Crippen molar-refractivity contribution in [1.29, 1.82) is 0 Å². The van der Waals surface area contributed by atoms with Crippen molar-refractivity contribution in [2.75, 3.05) is 25.1 Å². The SMILES string of the molecule is CSCCC(N)C(=O)NCC(=O)NC(CCCCN)C(=O)NC(C(=O)O)C(C)O. The van der Waals surface area contributed by atoms with Crippen LogP contribution in [0.5, 0.6) is 0 Å². The number of carboxylic acids is 1. The highest BCUT2D eigenvalue weighted by atomic mass is 32.2. The monoisotopic (exact) mass is 435 g/mol. The summed E-state index contributed by atoms with van der Waals surface area (Å²) < 4.78 is 0. The van der Waals surface area contributed by atoms with Gasteiger partial charge in [0.1, 0.15) is 6.04 Å². The summed E-state index contributed by atoms with van der Waals surface area (Å²) in [5, 5.41) is 25.7. The standard InChI is InChI=1S/C17H33N5O6S/c1-10(23)14(17(27)28)22-16(26)12(5-3-4-7-18)21-13(24)9-20-15(25)11(19)6-8-29-2/h10-12,14,23H,3-9,18-19H2,1-2H3,(H,20,25)(H,21,24)(H,22,26)(H,27,28). The van der Waals surface area contributed by atoms with Crippen LogP contribution in [-0.2, 0) is 19.2 Å². The van der Waals surface area contributed by atoms with E-state index in [0.29, 0.717) is 31.6 Å². The molecule has 0 aromatic rings. The number of nitrogens with two attached hydrogens (primary N) is 2. The lowest BCUT2D eigenvalue weighted by Crippen LogP contribution is -2.56. The number of aliphatic carboxylic acids is 1. The van der Waals surface area contributed by atoms with Crippen LogP contribution in [0.2, 0.25) is 0 Å². The molecule has 0 aromatic heterocycles. The fourth-order valence-electron chi connectivity index (χ4n) is 2.32. The van der Waals surface area contributed by atoms with E-state index in [1.54, 1.807) is 11.8 Å². The molecule has 0 aliphatic carbocycles. The summed E-state index contributed by atoms with van der Waals surface area (Å²) in [5.41, 5.74) is 11.2. The molecule has 0 saturated carbocycles. The number of thioether (sulfide) groups is 1. The number of rotatable bonds is 15. The average Bonchev–Trinajstić information content (AvgIpc) is 2.66. The maximum atomic E-state index is 12.4. The molecule has 0 aromatic carbocycles. The fraction of sp³-hybridized carbons (Fsp3) is 0.765. The number of hydrogen-bond acceptors (Lipinski definition) is 8. The van der Waals surface area contributed by atoms with Gasteiger partial charge in [-0.15, -0.1) is 0 Å². The lowest BCUT2D eigenvalue weighted by Gasteiger charge is -2.23. The van der Waals surface area contributed by atoms with Gasteiger partial charge in [-0.2, -0.15) is 11.8 Å². The highest BCUT2D eigenvalue weighted by Gasteiger charge is 2.29. The van der Waals surface area contributed by atoms with Crippen LogP contribution in [0.15, 0.2) is 0 Å². The molecule has 4 atom stereocenters. The van der Waals surface area contributed by atoms with Gasteiger partial charge in [0.2, 0.25) is 17.7 Å². The summed E-state index contributed by atoms with van der Waals surface area (Å²) in [7, 11) is 0. The smallest absolute Gasteiger partial charge is 0.328 e. The fourth-order valence-corrected chi connectivity index (χ4v) is 2.81. The summed E-state index contributed by atoms with van der Waals surface area (Å²) in [4.78, 5) is 47.6. The summed E-state index contributed by atoms with van der Waals surface area (Å²) >= 11 is 1.55. The zero-order chi connectivity index (χ0) is 22.4. The molecule has 11 nitrogen and oxygen atoms in total. The lowest BCUT2D eigenvalue weighted by atomic mass is 10.1. The first-order valence-electron chi connectivity index (χ1n) is 9.36. The van der Waals surface area contributed by atoms with Crippen LogP contribution in [0, 0.1) is 0 Å². The van der Waals surface area contributed by atoms with Gasteiger partial charge in [0.25, 0.3) is 0 Å². The Bertz CT molecular complexity index is 548. The lowest BCUT2D eigenvalue weighted by molar-refractivity contribution is -0.145. The third-order valence-electron chi connectivity index (χ3n) is 4.04. The second-order valence-corrected chi connectivity index (χ2v) is 7.56. The minimum atomic E-state index is -1.51.